The highest BCUT2D eigenvalue weighted by atomic mass is 16.5. The molecule has 1 aromatic rings. The Morgan fingerprint density at radius 2 is 1.73 bits per heavy atom. The van der Waals surface area contributed by atoms with Crippen LogP contribution in [0.4, 0.5) is 5.95 Å². The zero-order valence-corrected chi connectivity index (χ0v) is 13.4. The maximum atomic E-state index is 11.6. The Morgan fingerprint density at radius 3 is 2.36 bits per heavy atom. The zero-order chi connectivity index (χ0) is 16.4. The van der Waals surface area contributed by atoms with Crippen LogP contribution < -0.4 is 10.6 Å². The van der Waals surface area contributed by atoms with Crippen LogP contribution in [0, 0.1) is 13.8 Å². The average Bonchev–Trinajstić information content (AvgIpc) is 2.47. The summed E-state index contributed by atoms with van der Waals surface area (Å²) in [4.78, 5) is 31.0. The molecule has 1 heterocycles. The number of rotatable bonds is 9. The van der Waals surface area contributed by atoms with Crippen molar-refractivity contribution in [3.63, 3.8) is 0 Å². The number of aryl methyl sites for hydroxylation is 2. The summed E-state index contributed by atoms with van der Waals surface area (Å²) in [5, 5.41) is 5.88. The van der Waals surface area contributed by atoms with Gasteiger partial charge in [-0.25, -0.2) is 9.97 Å². The highest BCUT2D eigenvalue weighted by Gasteiger charge is 2.04. The van der Waals surface area contributed by atoms with Crippen molar-refractivity contribution in [3.8, 4) is 0 Å². The number of nitrogens with zero attached hydrogens (tertiary/aromatic N) is 2. The fourth-order valence-electron chi connectivity index (χ4n) is 1.91. The molecule has 0 aromatic carbocycles. The van der Waals surface area contributed by atoms with Crippen LogP contribution in [0.1, 0.15) is 37.1 Å². The Balaban J connectivity index is 2.11. The van der Waals surface area contributed by atoms with E-state index in [1.54, 1.807) is 0 Å². The molecular weight excluding hydrogens is 284 g/mol. The van der Waals surface area contributed by atoms with E-state index in [2.05, 4.69) is 25.3 Å². The first-order valence-electron chi connectivity index (χ1n) is 7.41. The van der Waals surface area contributed by atoms with Gasteiger partial charge in [0.1, 0.15) is 0 Å². The quantitative estimate of drug-likeness (QED) is 0.528. The van der Waals surface area contributed by atoms with Crippen molar-refractivity contribution in [2.45, 2.75) is 39.5 Å². The first kappa shape index (κ1) is 17.9. The second-order valence-electron chi connectivity index (χ2n) is 5.03. The number of ether oxygens (including phenoxy) is 1. The number of nitrogens with one attached hydrogen (secondary N) is 2. The van der Waals surface area contributed by atoms with Gasteiger partial charge in [0.05, 0.1) is 7.11 Å². The summed E-state index contributed by atoms with van der Waals surface area (Å²) in [6, 6.07) is 1.91. The van der Waals surface area contributed by atoms with Crippen molar-refractivity contribution in [1.82, 2.24) is 15.3 Å². The van der Waals surface area contributed by atoms with Gasteiger partial charge in [-0.2, -0.15) is 0 Å². The molecule has 0 aliphatic carbocycles. The average molecular weight is 308 g/mol. The van der Waals surface area contributed by atoms with E-state index in [9.17, 15) is 9.59 Å². The Morgan fingerprint density at radius 1 is 1.09 bits per heavy atom. The van der Waals surface area contributed by atoms with E-state index in [0.29, 0.717) is 44.7 Å². The van der Waals surface area contributed by atoms with E-state index < -0.39 is 0 Å². The van der Waals surface area contributed by atoms with Crippen molar-refractivity contribution < 1.29 is 14.3 Å². The Labute approximate surface area is 130 Å². The number of hydrogen-bond donors (Lipinski definition) is 2. The molecule has 1 amide bonds. The van der Waals surface area contributed by atoms with Gasteiger partial charge >= 0.3 is 5.97 Å². The molecule has 0 saturated carbocycles. The van der Waals surface area contributed by atoms with Crippen molar-refractivity contribution in [2.24, 2.45) is 0 Å². The van der Waals surface area contributed by atoms with E-state index in [1.165, 1.54) is 7.11 Å². The first-order valence-corrected chi connectivity index (χ1v) is 7.41. The second kappa shape index (κ2) is 9.70. The predicted molar refractivity (Wildman–Crippen MR) is 83.5 cm³/mol. The third-order valence-corrected chi connectivity index (χ3v) is 2.95. The number of hydrogen-bond acceptors (Lipinski definition) is 6. The number of carbonyl (C=O) groups excluding carboxylic acids is 2. The fraction of sp³-hybridized carbons (Fsp3) is 0.600. The van der Waals surface area contributed by atoms with Gasteiger partial charge in [0.2, 0.25) is 11.9 Å². The monoisotopic (exact) mass is 308 g/mol. The SMILES string of the molecule is COC(=O)CCCNC(=O)CCCNc1nc(C)cc(C)n1. The largest absolute Gasteiger partial charge is 0.469 e. The fourth-order valence-corrected chi connectivity index (χ4v) is 1.91. The minimum atomic E-state index is -0.258. The lowest BCUT2D eigenvalue weighted by molar-refractivity contribution is -0.140. The standard InChI is InChI=1S/C15H24N4O3/c1-11-10-12(2)19-15(18-11)17-9-4-6-13(20)16-8-5-7-14(21)22-3/h10H,4-9H2,1-3H3,(H,16,20)(H,17,18,19). The van der Waals surface area contributed by atoms with Crippen molar-refractivity contribution >= 4 is 17.8 Å². The maximum absolute atomic E-state index is 11.6. The molecule has 0 aliphatic heterocycles. The number of methoxy groups -OCH3 is 1. The van der Waals surface area contributed by atoms with Gasteiger partial charge < -0.3 is 15.4 Å². The van der Waals surface area contributed by atoms with E-state index >= 15 is 0 Å². The molecule has 7 nitrogen and oxygen atoms in total. The van der Waals surface area contributed by atoms with Crippen LogP contribution in [-0.2, 0) is 14.3 Å². The molecule has 0 saturated heterocycles. The molecule has 0 atom stereocenters. The van der Waals surface area contributed by atoms with E-state index in [0.717, 1.165) is 11.4 Å². The molecule has 0 fully saturated rings. The van der Waals surface area contributed by atoms with Crippen molar-refractivity contribution in [1.29, 1.82) is 0 Å². The molecule has 0 spiro atoms. The molecule has 0 bridgehead atoms. The summed E-state index contributed by atoms with van der Waals surface area (Å²) in [6.45, 7) is 4.96. The van der Waals surface area contributed by atoms with E-state index in [4.69, 9.17) is 0 Å². The topological polar surface area (TPSA) is 93.2 Å². The number of aromatic nitrogens is 2. The third-order valence-electron chi connectivity index (χ3n) is 2.95. The Kier molecular flexibility index (Phi) is 7.88. The molecule has 1 aromatic heterocycles. The van der Waals surface area contributed by atoms with Crippen LogP contribution in [0.25, 0.3) is 0 Å². The molecule has 122 valence electrons. The Bertz CT molecular complexity index is 485. The first-order chi connectivity index (χ1) is 10.5. The zero-order valence-electron chi connectivity index (χ0n) is 13.4. The lowest BCUT2D eigenvalue weighted by Crippen LogP contribution is -2.25. The summed E-state index contributed by atoms with van der Waals surface area (Å²) < 4.78 is 4.52. The van der Waals surface area contributed by atoms with Crippen LogP contribution in [0.5, 0.6) is 0 Å². The summed E-state index contributed by atoms with van der Waals surface area (Å²) in [5.74, 6) is 0.316. The lowest BCUT2D eigenvalue weighted by atomic mass is 10.2. The highest BCUT2D eigenvalue weighted by molar-refractivity contribution is 5.76. The minimum absolute atomic E-state index is 0.0204. The van der Waals surface area contributed by atoms with Crippen LogP contribution >= 0.6 is 0 Å². The molecule has 22 heavy (non-hydrogen) atoms. The molecule has 0 unspecified atom stereocenters. The summed E-state index contributed by atoms with van der Waals surface area (Å²) in [7, 11) is 1.35. The van der Waals surface area contributed by atoms with Gasteiger partial charge in [0.15, 0.2) is 0 Å². The predicted octanol–water partition coefficient (Wildman–Crippen LogP) is 1.35. The van der Waals surface area contributed by atoms with Crippen LogP contribution in [0.15, 0.2) is 6.07 Å². The molecule has 0 aliphatic rings. The van der Waals surface area contributed by atoms with Gasteiger partial charge in [-0.3, -0.25) is 9.59 Å². The molecule has 1 rings (SSSR count). The Hall–Kier alpha value is -2.18. The molecule has 7 heteroatoms. The maximum Gasteiger partial charge on any atom is 0.305 e. The third kappa shape index (κ3) is 7.56. The second-order valence-corrected chi connectivity index (χ2v) is 5.03. The van der Waals surface area contributed by atoms with E-state index in [1.807, 2.05) is 19.9 Å². The van der Waals surface area contributed by atoms with Gasteiger partial charge in [-0.05, 0) is 32.8 Å². The van der Waals surface area contributed by atoms with Crippen LogP contribution in [0.2, 0.25) is 0 Å². The lowest BCUT2D eigenvalue weighted by Gasteiger charge is -2.07. The van der Waals surface area contributed by atoms with Crippen LogP contribution in [-0.4, -0.2) is 42.0 Å². The molecular formula is C15H24N4O3. The summed E-state index contributed by atoms with van der Waals surface area (Å²) in [6.07, 6.45) is 2.03. The van der Waals surface area contributed by atoms with Crippen LogP contribution in [0.3, 0.4) is 0 Å². The smallest absolute Gasteiger partial charge is 0.305 e. The summed E-state index contributed by atoms with van der Waals surface area (Å²) in [5.41, 5.74) is 1.83. The number of anilines is 1. The number of amides is 1. The van der Waals surface area contributed by atoms with Gasteiger partial charge in [0, 0.05) is 37.3 Å². The van der Waals surface area contributed by atoms with Gasteiger partial charge in [-0.15, -0.1) is 0 Å². The highest BCUT2D eigenvalue weighted by Crippen LogP contribution is 2.03. The van der Waals surface area contributed by atoms with Gasteiger partial charge in [-0.1, -0.05) is 0 Å². The van der Waals surface area contributed by atoms with E-state index in [-0.39, 0.29) is 11.9 Å². The minimum Gasteiger partial charge on any atom is -0.469 e. The van der Waals surface area contributed by atoms with Crippen molar-refractivity contribution in [3.05, 3.63) is 17.5 Å². The number of esters is 1. The summed E-state index contributed by atoms with van der Waals surface area (Å²) >= 11 is 0. The molecule has 2 N–H and O–H groups in total. The number of carbonyl (C=O) groups is 2. The molecule has 0 radical (unpaired) electrons. The normalized spacial score (nSPS) is 10.1. The van der Waals surface area contributed by atoms with Crippen molar-refractivity contribution in [2.75, 3.05) is 25.5 Å². The van der Waals surface area contributed by atoms with Gasteiger partial charge in [0.25, 0.3) is 0 Å².